The van der Waals surface area contributed by atoms with Crippen LogP contribution >= 0.6 is 11.3 Å². The van der Waals surface area contributed by atoms with E-state index in [2.05, 4.69) is 21.3 Å². The molecule has 2 rings (SSSR count). The summed E-state index contributed by atoms with van der Waals surface area (Å²) in [4.78, 5) is 35.4. The van der Waals surface area contributed by atoms with Crippen LogP contribution in [0.15, 0.2) is 41.8 Å². The monoisotopic (exact) mass is 332 g/mol. The molecule has 0 aliphatic rings. The van der Waals surface area contributed by atoms with Crippen LogP contribution in [-0.2, 0) is 4.79 Å². The van der Waals surface area contributed by atoms with Gasteiger partial charge < -0.3 is 21.3 Å². The first-order chi connectivity index (χ1) is 11.1. The van der Waals surface area contributed by atoms with Gasteiger partial charge in [-0.15, -0.1) is 11.3 Å². The predicted molar refractivity (Wildman–Crippen MR) is 89.8 cm³/mol. The molecule has 0 saturated heterocycles. The second-order valence-corrected chi connectivity index (χ2v) is 5.44. The summed E-state index contributed by atoms with van der Waals surface area (Å²) in [7, 11) is 1.51. The Morgan fingerprint density at radius 1 is 1.04 bits per heavy atom. The molecule has 120 valence electrons. The number of nitrogens with one attached hydrogen (secondary N) is 4. The van der Waals surface area contributed by atoms with E-state index in [1.165, 1.54) is 18.4 Å². The van der Waals surface area contributed by atoms with Crippen LogP contribution < -0.4 is 21.3 Å². The van der Waals surface area contributed by atoms with Crippen LogP contribution in [0.4, 0.5) is 16.2 Å². The average Bonchev–Trinajstić information content (AvgIpc) is 3.07. The van der Waals surface area contributed by atoms with E-state index in [1.807, 2.05) is 0 Å². The van der Waals surface area contributed by atoms with E-state index in [4.69, 9.17) is 0 Å². The molecular weight excluding hydrogens is 316 g/mol. The molecule has 0 bridgehead atoms. The van der Waals surface area contributed by atoms with E-state index in [9.17, 15) is 14.4 Å². The molecule has 4 amide bonds. The maximum Gasteiger partial charge on any atom is 0.318 e. The first-order valence-electron chi connectivity index (χ1n) is 6.79. The lowest BCUT2D eigenvalue weighted by molar-refractivity contribution is -0.115. The second kappa shape index (κ2) is 7.95. The van der Waals surface area contributed by atoms with Crippen LogP contribution in [-0.4, -0.2) is 31.4 Å². The van der Waals surface area contributed by atoms with Crippen molar-refractivity contribution in [2.45, 2.75) is 0 Å². The number of anilines is 2. The summed E-state index contributed by atoms with van der Waals surface area (Å²) in [6.07, 6.45) is 0. The zero-order valence-electron chi connectivity index (χ0n) is 12.4. The van der Waals surface area contributed by atoms with Crippen molar-refractivity contribution in [2.24, 2.45) is 0 Å². The number of rotatable bonds is 5. The summed E-state index contributed by atoms with van der Waals surface area (Å²) < 4.78 is 0. The average molecular weight is 332 g/mol. The molecule has 0 atom stereocenters. The number of benzene rings is 1. The van der Waals surface area contributed by atoms with Gasteiger partial charge in [0.1, 0.15) is 0 Å². The van der Waals surface area contributed by atoms with Crippen molar-refractivity contribution in [1.29, 1.82) is 0 Å². The molecule has 0 saturated carbocycles. The van der Waals surface area contributed by atoms with Gasteiger partial charge in [0, 0.05) is 18.4 Å². The summed E-state index contributed by atoms with van der Waals surface area (Å²) >= 11 is 1.31. The van der Waals surface area contributed by atoms with Gasteiger partial charge in [0.2, 0.25) is 5.91 Å². The highest BCUT2D eigenvalue weighted by Gasteiger charge is 2.09. The quantitative estimate of drug-likeness (QED) is 0.672. The Labute approximate surface area is 137 Å². The summed E-state index contributed by atoms with van der Waals surface area (Å²) in [5.41, 5.74) is 1.07. The van der Waals surface area contributed by atoms with E-state index in [-0.39, 0.29) is 24.4 Å². The largest absolute Gasteiger partial charge is 0.342 e. The van der Waals surface area contributed by atoms with Crippen LogP contribution in [0.2, 0.25) is 0 Å². The number of thiophene rings is 1. The van der Waals surface area contributed by atoms with Crippen molar-refractivity contribution in [2.75, 3.05) is 24.2 Å². The summed E-state index contributed by atoms with van der Waals surface area (Å²) in [5.74, 6) is -0.641. The molecule has 1 aromatic carbocycles. The molecule has 0 aliphatic carbocycles. The third kappa shape index (κ3) is 5.11. The molecule has 1 heterocycles. The molecular formula is C15H16N4O3S. The molecule has 0 radical (unpaired) electrons. The summed E-state index contributed by atoms with van der Waals surface area (Å²) in [6, 6.07) is 9.81. The van der Waals surface area contributed by atoms with E-state index in [1.54, 1.807) is 41.8 Å². The Bertz CT molecular complexity index is 701. The Morgan fingerprint density at radius 3 is 2.43 bits per heavy atom. The SMILES string of the molecule is CNC(=O)Nc1cccc(NC(=O)CNC(=O)c2cccs2)c1. The fourth-order valence-corrected chi connectivity index (χ4v) is 2.37. The topological polar surface area (TPSA) is 99.3 Å². The van der Waals surface area contributed by atoms with Gasteiger partial charge in [0.05, 0.1) is 11.4 Å². The normalized spacial score (nSPS) is 9.78. The minimum atomic E-state index is -0.355. The number of hydrogen-bond acceptors (Lipinski definition) is 4. The highest BCUT2D eigenvalue weighted by Crippen LogP contribution is 2.14. The van der Waals surface area contributed by atoms with Crippen molar-refractivity contribution >= 4 is 40.6 Å². The lowest BCUT2D eigenvalue weighted by atomic mass is 10.2. The minimum absolute atomic E-state index is 0.135. The molecule has 0 spiro atoms. The molecule has 8 heteroatoms. The molecule has 4 N–H and O–H groups in total. The third-order valence-corrected chi connectivity index (χ3v) is 3.65. The van der Waals surface area contributed by atoms with Crippen molar-refractivity contribution in [3.8, 4) is 0 Å². The molecule has 0 aliphatic heterocycles. The predicted octanol–water partition coefficient (Wildman–Crippen LogP) is 1.87. The molecule has 2 aromatic rings. The fraction of sp³-hybridized carbons (Fsp3) is 0.133. The molecule has 7 nitrogen and oxygen atoms in total. The number of amides is 4. The van der Waals surface area contributed by atoms with Gasteiger partial charge in [0.25, 0.3) is 5.91 Å². The van der Waals surface area contributed by atoms with E-state index in [0.717, 1.165) is 0 Å². The molecule has 0 fully saturated rings. The molecule has 23 heavy (non-hydrogen) atoms. The fourth-order valence-electron chi connectivity index (χ4n) is 1.73. The van der Waals surface area contributed by atoms with Crippen molar-refractivity contribution in [1.82, 2.24) is 10.6 Å². The van der Waals surface area contributed by atoms with Crippen molar-refractivity contribution in [3.63, 3.8) is 0 Å². The maximum absolute atomic E-state index is 11.9. The van der Waals surface area contributed by atoms with Gasteiger partial charge in [-0.1, -0.05) is 12.1 Å². The van der Waals surface area contributed by atoms with Gasteiger partial charge in [-0.05, 0) is 29.6 Å². The first kappa shape index (κ1) is 16.5. The van der Waals surface area contributed by atoms with E-state index >= 15 is 0 Å². The summed E-state index contributed by atoms with van der Waals surface area (Å²) in [6.45, 7) is -0.135. The van der Waals surface area contributed by atoms with Gasteiger partial charge in [-0.2, -0.15) is 0 Å². The lowest BCUT2D eigenvalue weighted by Crippen LogP contribution is -2.32. The first-order valence-corrected chi connectivity index (χ1v) is 7.67. The standard InChI is InChI=1S/C15H16N4O3S/c1-16-15(22)19-11-5-2-4-10(8-11)18-13(20)9-17-14(21)12-6-3-7-23-12/h2-8H,9H2,1H3,(H,17,21)(H,18,20)(H2,16,19,22). The third-order valence-electron chi connectivity index (χ3n) is 2.79. The number of hydrogen-bond donors (Lipinski definition) is 4. The lowest BCUT2D eigenvalue weighted by Gasteiger charge is -2.09. The maximum atomic E-state index is 11.9. The van der Waals surface area contributed by atoms with Crippen LogP contribution in [0.3, 0.4) is 0 Å². The highest BCUT2D eigenvalue weighted by molar-refractivity contribution is 7.12. The number of carbonyl (C=O) groups excluding carboxylic acids is 3. The second-order valence-electron chi connectivity index (χ2n) is 4.49. The van der Waals surface area contributed by atoms with Crippen molar-refractivity contribution in [3.05, 3.63) is 46.7 Å². The van der Waals surface area contributed by atoms with Crippen LogP contribution in [0.5, 0.6) is 0 Å². The Morgan fingerprint density at radius 2 is 1.78 bits per heavy atom. The number of carbonyl (C=O) groups is 3. The van der Waals surface area contributed by atoms with Gasteiger partial charge >= 0.3 is 6.03 Å². The van der Waals surface area contributed by atoms with Crippen LogP contribution in [0, 0.1) is 0 Å². The zero-order chi connectivity index (χ0) is 16.7. The molecule has 1 aromatic heterocycles. The van der Waals surface area contributed by atoms with Crippen molar-refractivity contribution < 1.29 is 14.4 Å². The van der Waals surface area contributed by atoms with Crippen LogP contribution in [0.25, 0.3) is 0 Å². The zero-order valence-corrected chi connectivity index (χ0v) is 13.2. The Hall–Kier alpha value is -2.87. The smallest absolute Gasteiger partial charge is 0.318 e. The Kier molecular flexibility index (Phi) is 5.70. The number of urea groups is 1. The highest BCUT2D eigenvalue weighted by atomic mass is 32.1. The van der Waals surface area contributed by atoms with Crippen LogP contribution in [0.1, 0.15) is 9.67 Å². The van der Waals surface area contributed by atoms with E-state index in [0.29, 0.717) is 16.3 Å². The van der Waals surface area contributed by atoms with Gasteiger partial charge in [-0.25, -0.2) is 4.79 Å². The minimum Gasteiger partial charge on any atom is -0.342 e. The van der Waals surface area contributed by atoms with Gasteiger partial charge in [-0.3, -0.25) is 9.59 Å². The summed E-state index contributed by atoms with van der Waals surface area (Å²) in [5, 5.41) is 12.0. The molecule has 0 unspecified atom stereocenters. The van der Waals surface area contributed by atoms with Gasteiger partial charge in [0.15, 0.2) is 0 Å². The van der Waals surface area contributed by atoms with E-state index < -0.39 is 0 Å². The Balaban J connectivity index is 1.86.